The van der Waals surface area contributed by atoms with Crippen molar-refractivity contribution < 1.29 is 29.4 Å². The molecule has 0 unspecified atom stereocenters. The van der Waals surface area contributed by atoms with Crippen LogP contribution in [0.25, 0.3) is 0 Å². The quantitative estimate of drug-likeness (QED) is 0.719. The molecule has 1 aromatic carbocycles. The van der Waals surface area contributed by atoms with Gasteiger partial charge < -0.3 is 15.5 Å². The second-order valence-corrected chi connectivity index (χ2v) is 5.32. The summed E-state index contributed by atoms with van der Waals surface area (Å²) in [5, 5.41) is 23.1. The fraction of sp³-hybridized carbons (Fsp3) is 0.167. The summed E-state index contributed by atoms with van der Waals surface area (Å²) in [6.07, 6.45) is -0.277. The number of carboxylic acid groups (broad SMARTS) is 1. The van der Waals surface area contributed by atoms with Crippen LogP contribution in [-0.2, 0) is 9.59 Å². The first-order valence-electron chi connectivity index (χ1n) is 5.72. The summed E-state index contributed by atoms with van der Waals surface area (Å²) >= 11 is 0.699. The summed E-state index contributed by atoms with van der Waals surface area (Å²) in [6.45, 7) is 0. The molecule has 9 heteroatoms. The second-order valence-electron chi connectivity index (χ2n) is 4.15. The van der Waals surface area contributed by atoms with Crippen LogP contribution in [0.1, 0.15) is 16.8 Å². The van der Waals surface area contributed by atoms with Gasteiger partial charge in [0.15, 0.2) is 0 Å². The maximum Gasteiger partial charge on any atom is 0.337 e. The third-order valence-corrected chi connectivity index (χ3v) is 3.61. The summed E-state index contributed by atoms with van der Waals surface area (Å²) in [5.41, 5.74) is -0.378. The Morgan fingerprint density at radius 2 is 2.10 bits per heavy atom. The lowest BCUT2D eigenvalue weighted by Crippen LogP contribution is -2.28. The van der Waals surface area contributed by atoms with Crippen LogP contribution in [-0.4, -0.2) is 33.4 Å². The fourth-order valence-corrected chi connectivity index (χ4v) is 2.53. The van der Waals surface area contributed by atoms with Crippen molar-refractivity contribution in [1.82, 2.24) is 5.32 Å². The Bertz CT molecular complexity index is 645. The van der Waals surface area contributed by atoms with Crippen molar-refractivity contribution in [3.8, 4) is 5.75 Å². The SMILES string of the molecule is O=C(C[C@@H]1SC(=O)NC1=O)Nc1ccc([O-])cc1C(=O)O. The first-order chi connectivity index (χ1) is 9.86. The van der Waals surface area contributed by atoms with Crippen molar-refractivity contribution in [2.24, 2.45) is 0 Å². The number of hydrogen-bond acceptors (Lipinski definition) is 6. The molecule has 0 aromatic heterocycles. The Morgan fingerprint density at radius 3 is 2.67 bits per heavy atom. The number of imide groups is 1. The van der Waals surface area contributed by atoms with Crippen molar-refractivity contribution in [2.75, 3.05) is 5.32 Å². The van der Waals surface area contributed by atoms with Gasteiger partial charge in [0.05, 0.1) is 11.3 Å². The summed E-state index contributed by atoms with van der Waals surface area (Å²) in [7, 11) is 0. The Kier molecular flexibility index (Phi) is 4.13. The molecule has 1 fully saturated rings. The van der Waals surface area contributed by atoms with E-state index in [0.29, 0.717) is 11.8 Å². The molecule has 1 heterocycles. The highest BCUT2D eigenvalue weighted by atomic mass is 32.2. The Morgan fingerprint density at radius 1 is 1.38 bits per heavy atom. The van der Waals surface area contributed by atoms with Gasteiger partial charge in [-0.25, -0.2) is 4.79 Å². The molecule has 1 atom stereocenters. The van der Waals surface area contributed by atoms with E-state index in [2.05, 4.69) is 5.32 Å². The zero-order valence-corrected chi connectivity index (χ0v) is 11.2. The van der Waals surface area contributed by atoms with Crippen LogP contribution in [0.15, 0.2) is 18.2 Å². The van der Waals surface area contributed by atoms with E-state index < -0.39 is 34.0 Å². The molecular formula is C12H9N2O6S-. The molecule has 0 bridgehead atoms. The molecule has 3 N–H and O–H groups in total. The summed E-state index contributed by atoms with van der Waals surface area (Å²) in [5.74, 6) is -3.04. The molecule has 1 aromatic rings. The number of rotatable bonds is 4. The molecule has 0 radical (unpaired) electrons. The molecular weight excluding hydrogens is 300 g/mol. The molecule has 0 spiro atoms. The van der Waals surface area contributed by atoms with E-state index in [1.807, 2.05) is 5.32 Å². The van der Waals surface area contributed by atoms with Gasteiger partial charge in [-0.15, -0.1) is 5.75 Å². The lowest BCUT2D eigenvalue weighted by Gasteiger charge is -2.13. The Balaban J connectivity index is 2.08. The number of carbonyl (C=O) groups excluding carboxylic acids is 3. The average molecular weight is 309 g/mol. The van der Waals surface area contributed by atoms with Crippen molar-refractivity contribution in [1.29, 1.82) is 0 Å². The predicted molar refractivity (Wildman–Crippen MR) is 71.0 cm³/mol. The van der Waals surface area contributed by atoms with Gasteiger partial charge in [0.1, 0.15) is 5.25 Å². The number of carbonyl (C=O) groups is 4. The third-order valence-electron chi connectivity index (χ3n) is 2.63. The number of hydrogen-bond donors (Lipinski definition) is 3. The highest BCUT2D eigenvalue weighted by Gasteiger charge is 2.33. The molecule has 0 aliphatic carbocycles. The highest BCUT2D eigenvalue weighted by Crippen LogP contribution is 2.24. The van der Waals surface area contributed by atoms with E-state index in [1.165, 1.54) is 6.07 Å². The normalized spacial score (nSPS) is 17.4. The van der Waals surface area contributed by atoms with Crippen LogP contribution >= 0.6 is 11.8 Å². The Labute approximate surface area is 122 Å². The molecule has 3 amide bonds. The number of anilines is 1. The summed E-state index contributed by atoms with van der Waals surface area (Å²) in [6, 6.07) is 3.18. The van der Waals surface area contributed by atoms with E-state index in [0.717, 1.165) is 12.1 Å². The topological polar surface area (TPSA) is 136 Å². The van der Waals surface area contributed by atoms with Crippen LogP contribution in [0, 0.1) is 0 Å². The maximum atomic E-state index is 11.8. The van der Waals surface area contributed by atoms with Crippen LogP contribution in [0.2, 0.25) is 0 Å². The number of aromatic carboxylic acids is 1. The molecule has 1 aliphatic rings. The van der Waals surface area contributed by atoms with Crippen LogP contribution in [0.3, 0.4) is 0 Å². The molecule has 2 rings (SSSR count). The minimum atomic E-state index is -1.36. The van der Waals surface area contributed by atoms with Gasteiger partial charge in [0, 0.05) is 6.42 Å². The average Bonchev–Trinajstić information content (AvgIpc) is 2.69. The smallest absolute Gasteiger partial charge is 0.337 e. The molecule has 21 heavy (non-hydrogen) atoms. The van der Waals surface area contributed by atoms with Crippen LogP contribution in [0.4, 0.5) is 10.5 Å². The number of amides is 3. The molecule has 0 saturated carbocycles. The molecule has 110 valence electrons. The van der Waals surface area contributed by atoms with Gasteiger partial charge in [0.2, 0.25) is 11.8 Å². The van der Waals surface area contributed by atoms with E-state index in [9.17, 15) is 24.3 Å². The van der Waals surface area contributed by atoms with E-state index in [4.69, 9.17) is 5.11 Å². The number of carboxylic acids is 1. The van der Waals surface area contributed by atoms with Gasteiger partial charge in [-0.2, -0.15) is 0 Å². The van der Waals surface area contributed by atoms with Crippen LogP contribution in [0.5, 0.6) is 5.75 Å². The summed E-state index contributed by atoms with van der Waals surface area (Å²) in [4.78, 5) is 45.1. The highest BCUT2D eigenvalue weighted by molar-refractivity contribution is 8.15. The fourth-order valence-electron chi connectivity index (χ4n) is 1.71. The van der Waals surface area contributed by atoms with Gasteiger partial charge >= 0.3 is 5.97 Å². The van der Waals surface area contributed by atoms with Gasteiger partial charge in [-0.1, -0.05) is 23.9 Å². The third kappa shape index (κ3) is 3.51. The number of thioether (sulfide) groups is 1. The first kappa shape index (κ1) is 14.9. The van der Waals surface area contributed by atoms with E-state index in [1.54, 1.807) is 0 Å². The number of nitrogens with one attached hydrogen (secondary N) is 2. The minimum Gasteiger partial charge on any atom is -0.872 e. The van der Waals surface area contributed by atoms with Crippen molar-refractivity contribution in [3.63, 3.8) is 0 Å². The predicted octanol–water partition coefficient (Wildman–Crippen LogP) is 0.139. The maximum absolute atomic E-state index is 11.8. The van der Waals surface area contributed by atoms with Gasteiger partial charge in [-0.3, -0.25) is 19.7 Å². The largest absolute Gasteiger partial charge is 0.872 e. The summed E-state index contributed by atoms with van der Waals surface area (Å²) < 4.78 is 0. The van der Waals surface area contributed by atoms with E-state index >= 15 is 0 Å². The lowest BCUT2D eigenvalue weighted by molar-refractivity contribution is -0.268. The second kappa shape index (κ2) is 5.83. The monoisotopic (exact) mass is 309 g/mol. The van der Waals surface area contributed by atoms with Crippen molar-refractivity contribution in [2.45, 2.75) is 11.7 Å². The molecule has 1 saturated heterocycles. The van der Waals surface area contributed by atoms with E-state index in [-0.39, 0.29) is 17.7 Å². The zero-order valence-electron chi connectivity index (χ0n) is 10.4. The van der Waals surface area contributed by atoms with Gasteiger partial charge in [0.25, 0.3) is 5.24 Å². The van der Waals surface area contributed by atoms with Gasteiger partial charge in [-0.05, 0) is 6.07 Å². The van der Waals surface area contributed by atoms with Crippen LogP contribution < -0.4 is 15.7 Å². The number of benzene rings is 1. The zero-order chi connectivity index (χ0) is 15.6. The van der Waals surface area contributed by atoms with Crippen molar-refractivity contribution >= 4 is 40.5 Å². The first-order valence-corrected chi connectivity index (χ1v) is 6.60. The molecule has 8 nitrogen and oxygen atoms in total. The molecule has 1 aliphatic heterocycles. The Hall–Kier alpha value is -2.55. The standard InChI is InChI=1S/C12H10N2O6S/c15-5-1-2-7(6(3-5)11(18)19)13-9(16)4-8-10(17)14-12(20)21-8/h1-3,8,15H,4H2,(H,13,16)(H,18,19)(H,14,17,20)/p-1/t8-/m0/s1. The van der Waals surface area contributed by atoms with Crippen molar-refractivity contribution in [3.05, 3.63) is 23.8 Å². The minimum absolute atomic E-state index is 0.0400. The lowest BCUT2D eigenvalue weighted by atomic mass is 10.1.